The van der Waals surface area contributed by atoms with Crippen LogP contribution in [0, 0.1) is 0 Å². The van der Waals surface area contributed by atoms with Crippen LogP contribution in [0.5, 0.6) is 0 Å². The first-order valence-electron chi connectivity index (χ1n) is 5.56. The van der Waals surface area contributed by atoms with Crippen molar-refractivity contribution in [3.05, 3.63) is 38.9 Å². The number of halogens is 1. The van der Waals surface area contributed by atoms with Gasteiger partial charge in [0, 0.05) is 17.6 Å². The van der Waals surface area contributed by atoms with Gasteiger partial charge in [-0.3, -0.25) is 0 Å². The van der Waals surface area contributed by atoms with E-state index in [2.05, 4.69) is 49.2 Å². The highest BCUT2D eigenvalue weighted by molar-refractivity contribution is 9.10. The predicted molar refractivity (Wildman–Crippen MR) is 73.5 cm³/mol. The first-order chi connectivity index (χ1) is 8.27. The molecular formula is C12H12BrN3S. The molecule has 0 bridgehead atoms. The standard InChI is InChI=1S/C12H12BrN3S/c1-8-9-3-5-17-11(9)2-4-16(8)12-10(13)6-14-7-15-12/h3,5-8H,2,4H2,1H3. The van der Waals surface area contributed by atoms with E-state index < -0.39 is 0 Å². The molecule has 0 spiro atoms. The van der Waals surface area contributed by atoms with Gasteiger partial charge in [0.15, 0.2) is 0 Å². The Morgan fingerprint density at radius 2 is 2.41 bits per heavy atom. The van der Waals surface area contributed by atoms with Gasteiger partial charge < -0.3 is 4.90 Å². The molecular weight excluding hydrogens is 298 g/mol. The molecule has 3 rings (SSSR count). The maximum atomic E-state index is 4.38. The molecule has 2 aromatic heterocycles. The zero-order valence-electron chi connectivity index (χ0n) is 9.43. The Morgan fingerprint density at radius 3 is 3.24 bits per heavy atom. The van der Waals surface area contributed by atoms with Gasteiger partial charge in [-0.2, -0.15) is 0 Å². The van der Waals surface area contributed by atoms with Crippen molar-refractivity contribution < 1.29 is 0 Å². The van der Waals surface area contributed by atoms with E-state index in [0.717, 1.165) is 23.3 Å². The molecule has 17 heavy (non-hydrogen) atoms. The molecule has 0 aliphatic carbocycles. The van der Waals surface area contributed by atoms with Gasteiger partial charge in [0.1, 0.15) is 12.1 Å². The first-order valence-corrected chi connectivity index (χ1v) is 7.23. The topological polar surface area (TPSA) is 29.0 Å². The lowest BCUT2D eigenvalue weighted by Gasteiger charge is -2.34. The summed E-state index contributed by atoms with van der Waals surface area (Å²) in [5.74, 6) is 0.990. The lowest BCUT2D eigenvalue weighted by atomic mass is 10.0. The molecule has 3 nitrogen and oxygen atoms in total. The van der Waals surface area contributed by atoms with Crippen LogP contribution in [0.1, 0.15) is 23.4 Å². The Labute approximate surface area is 113 Å². The van der Waals surface area contributed by atoms with Crippen molar-refractivity contribution in [2.24, 2.45) is 0 Å². The summed E-state index contributed by atoms with van der Waals surface area (Å²) in [6.07, 6.45) is 4.52. The molecule has 0 N–H and O–H groups in total. The fraction of sp³-hybridized carbons (Fsp3) is 0.333. The van der Waals surface area contributed by atoms with E-state index in [1.807, 2.05) is 11.3 Å². The van der Waals surface area contributed by atoms with Crippen molar-refractivity contribution in [2.75, 3.05) is 11.4 Å². The number of thiophene rings is 1. The number of fused-ring (bicyclic) bond motifs is 1. The molecule has 0 amide bonds. The second-order valence-corrected chi connectivity index (χ2v) is 5.97. The molecule has 0 fully saturated rings. The maximum Gasteiger partial charge on any atom is 0.146 e. The van der Waals surface area contributed by atoms with E-state index in [1.165, 1.54) is 10.4 Å². The molecule has 1 unspecified atom stereocenters. The third kappa shape index (κ3) is 1.87. The highest BCUT2D eigenvalue weighted by Gasteiger charge is 2.26. The average Bonchev–Trinajstić information content (AvgIpc) is 2.80. The van der Waals surface area contributed by atoms with E-state index >= 15 is 0 Å². The van der Waals surface area contributed by atoms with Crippen LogP contribution < -0.4 is 4.90 Å². The van der Waals surface area contributed by atoms with Gasteiger partial charge in [0.05, 0.1) is 10.5 Å². The van der Waals surface area contributed by atoms with Crippen LogP contribution in [0.3, 0.4) is 0 Å². The van der Waals surface area contributed by atoms with Gasteiger partial charge in [0.25, 0.3) is 0 Å². The molecule has 0 aromatic carbocycles. The smallest absolute Gasteiger partial charge is 0.146 e. The zero-order chi connectivity index (χ0) is 11.8. The minimum absolute atomic E-state index is 0.385. The molecule has 1 aliphatic rings. The molecule has 1 aliphatic heterocycles. The average molecular weight is 310 g/mol. The quantitative estimate of drug-likeness (QED) is 0.808. The number of nitrogens with zero attached hydrogens (tertiary/aromatic N) is 3. The van der Waals surface area contributed by atoms with Gasteiger partial charge in [-0.1, -0.05) is 0 Å². The first kappa shape index (κ1) is 11.2. The summed E-state index contributed by atoms with van der Waals surface area (Å²) < 4.78 is 0.963. The van der Waals surface area contributed by atoms with Crippen LogP contribution in [0.2, 0.25) is 0 Å². The molecule has 5 heteroatoms. The Hall–Kier alpha value is -0.940. The van der Waals surface area contributed by atoms with Crippen molar-refractivity contribution in [3.8, 4) is 0 Å². The lowest BCUT2D eigenvalue weighted by Crippen LogP contribution is -2.34. The van der Waals surface area contributed by atoms with Crippen molar-refractivity contribution in [2.45, 2.75) is 19.4 Å². The lowest BCUT2D eigenvalue weighted by molar-refractivity contribution is 0.622. The molecule has 2 aromatic rings. The van der Waals surface area contributed by atoms with Crippen LogP contribution >= 0.6 is 27.3 Å². The maximum absolute atomic E-state index is 4.38. The monoisotopic (exact) mass is 309 g/mol. The normalized spacial score (nSPS) is 19.2. The summed E-state index contributed by atoms with van der Waals surface area (Å²) in [5.41, 5.74) is 1.44. The minimum atomic E-state index is 0.385. The van der Waals surface area contributed by atoms with Crippen LogP contribution in [0.4, 0.5) is 5.82 Å². The van der Waals surface area contributed by atoms with Crippen LogP contribution in [-0.2, 0) is 6.42 Å². The molecule has 3 heterocycles. The Bertz CT molecular complexity index is 540. The summed E-state index contributed by atoms with van der Waals surface area (Å²) >= 11 is 5.39. The summed E-state index contributed by atoms with van der Waals surface area (Å²) in [6.45, 7) is 3.25. The third-order valence-corrected chi connectivity index (χ3v) is 4.75. The van der Waals surface area contributed by atoms with Gasteiger partial charge in [-0.05, 0) is 46.3 Å². The molecule has 0 saturated carbocycles. The van der Waals surface area contributed by atoms with Crippen LogP contribution in [0.15, 0.2) is 28.4 Å². The van der Waals surface area contributed by atoms with Gasteiger partial charge >= 0.3 is 0 Å². The Kier molecular flexibility index (Phi) is 2.88. The fourth-order valence-electron chi connectivity index (χ4n) is 2.32. The van der Waals surface area contributed by atoms with Crippen molar-refractivity contribution in [3.63, 3.8) is 0 Å². The van der Waals surface area contributed by atoms with Crippen molar-refractivity contribution >= 4 is 33.1 Å². The number of hydrogen-bond donors (Lipinski definition) is 0. The number of anilines is 1. The van der Waals surface area contributed by atoms with E-state index in [1.54, 1.807) is 12.5 Å². The number of hydrogen-bond acceptors (Lipinski definition) is 4. The summed E-state index contributed by atoms with van der Waals surface area (Å²) in [7, 11) is 0. The third-order valence-electron chi connectivity index (χ3n) is 3.20. The van der Waals surface area contributed by atoms with Gasteiger partial charge in [0.2, 0.25) is 0 Å². The zero-order valence-corrected chi connectivity index (χ0v) is 11.8. The van der Waals surface area contributed by atoms with Crippen molar-refractivity contribution in [1.29, 1.82) is 0 Å². The molecule has 1 atom stereocenters. The molecule has 0 saturated heterocycles. The second kappa shape index (κ2) is 4.38. The van der Waals surface area contributed by atoms with E-state index in [4.69, 9.17) is 0 Å². The van der Waals surface area contributed by atoms with Crippen LogP contribution in [-0.4, -0.2) is 16.5 Å². The van der Waals surface area contributed by atoms with Gasteiger partial charge in [-0.25, -0.2) is 9.97 Å². The van der Waals surface area contributed by atoms with Gasteiger partial charge in [-0.15, -0.1) is 11.3 Å². The summed E-state index contributed by atoms with van der Waals surface area (Å²) in [6, 6.07) is 2.61. The fourth-order valence-corrected chi connectivity index (χ4v) is 3.73. The molecule has 0 radical (unpaired) electrons. The predicted octanol–water partition coefficient (Wildman–Crippen LogP) is 3.42. The Balaban J connectivity index is 2.00. The Morgan fingerprint density at radius 1 is 1.53 bits per heavy atom. The summed E-state index contributed by atoms with van der Waals surface area (Å²) in [5, 5.41) is 2.18. The van der Waals surface area contributed by atoms with Crippen molar-refractivity contribution in [1.82, 2.24) is 9.97 Å². The largest absolute Gasteiger partial charge is 0.348 e. The van der Waals surface area contributed by atoms with Crippen LogP contribution in [0.25, 0.3) is 0 Å². The molecule has 88 valence electrons. The van der Waals surface area contributed by atoms with E-state index in [9.17, 15) is 0 Å². The highest BCUT2D eigenvalue weighted by atomic mass is 79.9. The SMILES string of the molecule is CC1c2ccsc2CCN1c1ncncc1Br. The summed E-state index contributed by atoms with van der Waals surface area (Å²) in [4.78, 5) is 12.2. The van der Waals surface area contributed by atoms with E-state index in [-0.39, 0.29) is 0 Å². The number of aromatic nitrogens is 2. The minimum Gasteiger partial charge on any atom is -0.348 e. The number of rotatable bonds is 1. The highest BCUT2D eigenvalue weighted by Crippen LogP contribution is 2.37. The second-order valence-electron chi connectivity index (χ2n) is 4.11. The van der Waals surface area contributed by atoms with E-state index in [0.29, 0.717) is 6.04 Å².